The molecule has 0 saturated carbocycles. The second kappa shape index (κ2) is 9.49. The van der Waals surface area contributed by atoms with Crippen molar-refractivity contribution in [3.8, 4) is 11.5 Å². The standard InChI is InChI=1S/C18H20N4O4S2.ClH/c1-19-28(23,24)12-5-6-16(27-4)13(9-12)22-18-17-14(20-10-21-18)7-11(25-2)8-15(17)26-3;/h5-10,19H,1-4H3,(H,20,21,22);1H. The zero-order chi connectivity index (χ0) is 20.3. The molecule has 0 bridgehead atoms. The van der Waals surface area contributed by atoms with E-state index in [0.29, 0.717) is 33.9 Å². The minimum Gasteiger partial charge on any atom is -0.497 e. The van der Waals surface area contributed by atoms with Gasteiger partial charge in [0.1, 0.15) is 23.6 Å². The van der Waals surface area contributed by atoms with E-state index in [-0.39, 0.29) is 17.3 Å². The third kappa shape index (κ3) is 4.67. The van der Waals surface area contributed by atoms with Crippen molar-refractivity contribution < 1.29 is 17.9 Å². The fraction of sp³-hybridized carbons (Fsp3) is 0.222. The maximum atomic E-state index is 12.2. The molecule has 3 rings (SSSR count). The Morgan fingerprint density at radius 3 is 2.45 bits per heavy atom. The van der Waals surface area contributed by atoms with E-state index in [1.54, 1.807) is 44.6 Å². The predicted octanol–water partition coefficient (Wildman–Crippen LogP) is 3.44. The summed E-state index contributed by atoms with van der Waals surface area (Å²) >= 11 is 1.49. The molecule has 0 aliphatic carbocycles. The maximum Gasteiger partial charge on any atom is 0.240 e. The molecule has 0 saturated heterocycles. The number of anilines is 2. The van der Waals surface area contributed by atoms with Gasteiger partial charge in [0, 0.05) is 17.0 Å². The Morgan fingerprint density at radius 1 is 1.07 bits per heavy atom. The fourth-order valence-electron chi connectivity index (χ4n) is 2.70. The first kappa shape index (κ1) is 23.0. The summed E-state index contributed by atoms with van der Waals surface area (Å²) in [4.78, 5) is 9.65. The number of nitrogens with one attached hydrogen (secondary N) is 2. The normalized spacial score (nSPS) is 11.0. The lowest BCUT2D eigenvalue weighted by molar-refractivity contribution is 0.398. The molecule has 2 N–H and O–H groups in total. The molecule has 0 fully saturated rings. The van der Waals surface area contributed by atoms with Crippen molar-refractivity contribution >= 4 is 56.6 Å². The number of ether oxygens (including phenoxy) is 2. The largest absolute Gasteiger partial charge is 0.497 e. The van der Waals surface area contributed by atoms with Crippen LogP contribution in [-0.4, -0.2) is 45.9 Å². The summed E-state index contributed by atoms with van der Waals surface area (Å²) in [5, 5.41) is 3.90. The van der Waals surface area contributed by atoms with Gasteiger partial charge >= 0.3 is 0 Å². The van der Waals surface area contributed by atoms with Crippen LogP contribution in [0.15, 0.2) is 46.5 Å². The number of halogens is 1. The molecule has 0 spiro atoms. The van der Waals surface area contributed by atoms with Crippen LogP contribution in [0.25, 0.3) is 10.9 Å². The highest BCUT2D eigenvalue weighted by Crippen LogP contribution is 2.37. The maximum absolute atomic E-state index is 12.2. The van der Waals surface area contributed by atoms with Gasteiger partial charge in [-0.3, -0.25) is 0 Å². The second-order valence-electron chi connectivity index (χ2n) is 5.64. The highest BCUT2D eigenvalue weighted by atomic mass is 35.5. The van der Waals surface area contributed by atoms with E-state index in [0.717, 1.165) is 4.90 Å². The number of nitrogens with zero attached hydrogens (tertiary/aromatic N) is 2. The Bertz CT molecular complexity index is 1130. The Morgan fingerprint density at radius 2 is 1.83 bits per heavy atom. The van der Waals surface area contributed by atoms with Crippen molar-refractivity contribution in [2.24, 2.45) is 0 Å². The molecule has 0 amide bonds. The Hall–Kier alpha value is -2.27. The Labute approximate surface area is 179 Å². The molecule has 0 unspecified atom stereocenters. The SMILES string of the molecule is CNS(=O)(=O)c1ccc(SC)c(Nc2ncnc3cc(OC)cc(OC)c23)c1.Cl. The second-order valence-corrected chi connectivity index (χ2v) is 8.38. The molecule has 156 valence electrons. The van der Waals surface area contributed by atoms with E-state index >= 15 is 0 Å². The highest BCUT2D eigenvalue weighted by molar-refractivity contribution is 7.98. The van der Waals surface area contributed by atoms with Crippen molar-refractivity contribution in [3.05, 3.63) is 36.7 Å². The van der Waals surface area contributed by atoms with E-state index in [1.807, 2.05) is 6.26 Å². The summed E-state index contributed by atoms with van der Waals surface area (Å²) < 4.78 is 37.5. The molecule has 8 nitrogen and oxygen atoms in total. The van der Waals surface area contributed by atoms with E-state index in [1.165, 1.54) is 25.1 Å². The minimum atomic E-state index is -3.58. The lowest BCUT2D eigenvalue weighted by atomic mass is 10.2. The number of hydrogen-bond donors (Lipinski definition) is 2. The van der Waals surface area contributed by atoms with Crippen molar-refractivity contribution in [1.29, 1.82) is 0 Å². The molecule has 0 atom stereocenters. The van der Waals surface area contributed by atoms with Gasteiger partial charge in [-0.05, 0) is 31.5 Å². The first-order valence-electron chi connectivity index (χ1n) is 8.19. The first-order valence-corrected chi connectivity index (χ1v) is 10.9. The van der Waals surface area contributed by atoms with E-state index in [9.17, 15) is 8.42 Å². The van der Waals surface area contributed by atoms with Crippen LogP contribution >= 0.6 is 24.2 Å². The number of aromatic nitrogens is 2. The zero-order valence-electron chi connectivity index (χ0n) is 16.2. The third-order valence-corrected chi connectivity index (χ3v) is 6.34. The number of hydrogen-bond acceptors (Lipinski definition) is 8. The summed E-state index contributed by atoms with van der Waals surface area (Å²) in [6.07, 6.45) is 3.34. The van der Waals surface area contributed by atoms with Gasteiger partial charge in [-0.1, -0.05) is 0 Å². The summed E-state index contributed by atoms with van der Waals surface area (Å²) in [5.41, 5.74) is 1.25. The van der Waals surface area contributed by atoms with Gasteiger partial charge in [-0.25, -0.2) is 23.1 Å². The third-order valence-electron chi connectivity index (χ3n) is 4.13. The Kier molecular flexibility index (Phi) is 7.53. The van der Waals surface area contributed by atoms with Gasteiger partial charge in [-0.2, -0.15) is 0 Å². The fourth-order valence-corrected chi connectivity index (χ4v) is 3.99. The molecule has 0 radical (unpaired) electrons. The number of benzene rings is 2. The average molecular weight is 457 g/mol. The lowest BCUT2D eigenvalue weighted by Gasteiger charge is -2.15. The van der Waals surface area contributed by atoms with Crippen LogP contribution in [-0.2, 0) is 10.0 Å². The quantitative estimate of drug-likeness (QED) is 0.521. The van der Waals surface area contributed by atoms with Crippen LogP contribution in [0.3, 0.4) is 0 Å². The van der Waals surface area contributed by atoms with E-state index < -0.39 is 10.0 Å². The molecular formula is C18H21ClN4O4S2. The summed E-state index contributed by atoms with van der Waals surface area (Å²) in [6.45, 7) is 0. The number of rotatable bonds is 7. The van der Waals surface area contributed by atoms with Crippen LogP contribution < -0.4 is 19.5 Å². The van der Waals surface area contributed by atoms with Gasteiger partial charge < -0.3 is 14.8 Å². The summed E-state index contributed by atoms with van der Waals surface area (Å²) in [6, 6.07) is 8.41. The molecule has 11 heteroatoms. The molecule has 2 aromatic carbocycles. The highest BCUT2D eigenvalue weighted by Gasteiger charge is 2.17. The van der Waals surface area contributed by atoms with Crippen LogP contribution in [0.5, 0.6) is 11.5 Å². The van der Waals surface area contributed by atoms with E-state index in [4.69, 9.17) is 9.47 Å². The van der Waals surface area contributed by atoms with Gasteiger partial charge in [0.15, 0.2) is 0 Å². The topological polar surface area (TPSA) is 102 Å². The average Bonchev–Trinajstić information content (AvgIpc) is 2.72. The van der Waals surface area contributed by atoms with Crippen molar-refractivity contribution in [3.63, 3.8) is 0 Å². The summed E-state index contributed by atoms with van der Waals surface area (Å²) in [5.74, 6) is 1.65. The molecule has 29 heavy (non-hydrogen) atoms. The van der Waals surface area contributed by atoms with E-state index in [2.05, 4.69) is 20.0 Å². The van der Waals surface area contributed by atoms with Gasteiger partial charge in [-0.15, -0.1) is 24.2 Å². The van der Waals surface area contributed by atoms with Crippen LogP contribution in [0.2, 0.25) is 0 Å². The van der Waals surface area contributed by atoms with Crippen LogP contribution in [0, 0.1) is 0 Å². The zero-order valence-corrected chi connectivity index (χ0v) is 18.7. The summed E-state index contributed by atoms with van der Waals surface area (Å²) in [7, 11) is 0.923. The molecule has 1 aromatic heterocycles. The number of fused-ring (bicyclic) bond motifs is 1. The molecule has 3 aromatic rings. The molecule has 0 aliphatic rings. The number of methoxy groups -OCH3 is 2. The van der Waals surface area contributed by atoms with Gasteiger partial charge in [0.25, 0.3) is 0 Å². The number of thioether (sulfide) groups is 1. The van der Waals surface area contributed by atoms with Crippen molar-refractivity contribution in [2.45, 2.75) is 9.79 Å². The smallest absolute Gasteiger partial charge is 0.240 e. The first-order chi connectivity index (χ1) is 13.4. The Balaban J connectivity index is 0.00000300. The molecule has 0 aliphatic heterocycles. The van der Waals surface area contributed by atoms with Crippen LogP contribution in [0.1, 0.15) is 0 Å². The molecule has 1 heterocycles. The molecular weight excluding hydrogens is 436 g/mol. The van der Waals surface area contributed by atoms with Crippen LogP contribution in [0.4, 0.5) is 11.5 Å². The predicted molar refractivity (Wildman–Crippen MR) is 118 cm³/mol. The lowest BCUT2D eigenvalue weighted by Crippen LogP contribution is -2.18. The van der Waals surface area contributed by atoms with Crippen molar-refractivity contribution in [1.82, 2.24) is 14.7 Å². The van der Waals surface area contributed by atoms with Gasteiger partial charge in [0.2, 0.25) is 10.0 Å². The number of sulfonamides is 1. The monoisotopic (exact) mass is 456 g/mol. The minimum absolute atomic E-state index is 0. The van der Waals surface area contributed by atoms with Crippen molar-refractivity contribution in [2.75, 3.05) is 32.8 Å². The van der Waals surface area contributed by atoms with Gasteiger partial charge in [0.05, 0.1) is 35.7 Å².